The summed E-state index contributed by atoms with van der Waals surface area (Å²) in [7, 11) is 0. The largest absolute Gasteiger partial charge is 0.317 e. The molecule has 1 unspecified atom stereocenters. The molecule has 2 rings (SSSR count). The number of rotatable bonds is 3. The lowest BCUT2D eigenvalue weighted by Crippen LogP contribution is -2.14. The van der Waals surface area contributed by atoms with E-state index >= 15 is 0 Å². The molecule has 1 aromatic rings. The molecule has 3 nitrogen and oxygen atoms in total. The van der Waals surface area contributed by atoms with E-state index in [1.165, 1.54) is 36.9 Å². The molecule has 0 amide bonds. The molecule has 110 valence electrons. The van der Waals surface area contributed by atoms with Crippen LogP contribution in [0.25, 0.3) is 0 Å². The van der Waals surface area contributed by atoms with Crippen LogP contribution < -0.4 is 5.32 Å². The van der Waals surface area contributed by atoms with Crippen molar-refractivity contribution >= 4 is 5.84 Å². The van der Waals surface area contributed by atoms with E-state index < -0.39 is 0 Å². The number of aromatic nitrogens is 1. The molecule has 1 atom stereocenters. The minimum Gasteiger partial charge on any atom is -0.317 e. The van der Waals surface area contributed by atoms with Gasteiger partial charge < -0.3 is 9.88 Å². The van der Waals surface area contributed by atoms with Crippen molar-refractivity contribution < 1.29 is 0 Å². The quantitative estimate of drug-likeness (QED) is 0.642. The first kappa shape index (κ1) is 15.0. The van der Waals surface area contributed by atoms with Gasteiger partial charge in [0.05, 0.1) is 0 Å². The minimum absolute atomic E-state index is 0.587. The molecule has 0 saturated carbocycles. The van der Waals surface area contributed by atoms with Crippen molar-refractivity contribution in [2.45, 2.75) is 46.5 Å². The monoisotopic (exact) mass is 273 g/mol. The van der Waals surface area contributed by atoms with Crippen molar-refractivity contribution in [2.75, 3.05) is 13.1 Å². The van der Waals surface area contributed by atoms with Gasteiger partial charge in [-0.25, -0.2) is 0 Å². The second-order valence-corrected chi connectivity index (χ2v) is 5.95. The van der Waals surface area contributed by atoms with E-state index in [0.29, 0.717) is 5.84 Å². The van der Waals surface area contributed by atoms with Gasteiger partial charge in [0.25, 0.3) is 0 Å². The van der Waals surface area contributed by atoms with Gasteiger partial charge in [0, 0.05) is 12.4 Å². The van der Waals surface area contributed by atoms with Crippen molar-refractivity contribution in [3.05, 3.63) is 35.2 Å². The maximum absolute atomic E-state index is 8.18. The SMILES string of the molecule is CC=C(C)C(=N)n1cc(C)c(CC2CCCNCC2)c1. The van der Waals surface area contributed by atoms with Crippen LogP contribution in [0.3, 0.4) is 0 Å². The summed E-state index contributed by atoms with van der Waals surface area (Å²) in [6.45, 7) is 8.46. The molecule has 1 aliphatic rings. The van der Waals surface area contributed by atoms with Gasteiger partial charge in [-0.3, -0.25) is 5.41 Å². The first-order valence-corrected chi connectivity index (χ1v) is 7.72. The molecule has 3 heteroatoms. The van der Waals surface area contributed by atoms with Gasteiger partial charge in [-0.2, -0.15) is 0 Å². The number of aryl methyl sites for hydroxylation is 1. The van der Waals surface area contributed by atoms with E-state index in [1.54, 1.807) is 0 Å². The molecule has 0 aromatic carbocycles. The lowest BCUT2D eigenvalue weighted by atomic mass is 9.93. The van der Waals surface area contributed by atoms with E-state index in [9.17, 15) is 0 Å². The number of hydrogen-bond donors (Lipinski definition) is 2. The Morgan fingerprint density at radius 2 is 2.20 bits per heavy atom. The standard InChI is InChI=1S/C17H27N3/c1-4-13(2)17(18)20-11-14(3)16(12-20)10-15-6-5-8-19-9-7-15/h4,11-12,15,18-19H,5-10H2,1-3H3. The molecule has 0 aliphatic carbocycles. The van der Waals surface area contributed by atoms with Crippen LogP contribution in [0.5, 0.6) is 0 Å². The zero-order chi connectivity index (χ0) is 14.5. The highest BCUT2D eigenvalue weighted by molar-refractivity contribution is 5.97. The van der Waals surface area contributed by atoms with Gasteiger partial charge in [-0.05, 0) is 82.2 Å². The fraction of sp³-hybridized carbons (Fsp3) is 0.588. The van der Waals surface area contributed by atoms with E-state index in [1.807, 2.05) is 24.5 Å². The summed E-state index contributed by atoms with van der Waals surface area (Å²) in [5.41, 5.74) is 3.74. The summed E-state index contributed by atoms with van der Waals surface area (Å²) >= 11 is 0. The Labute approximate surface area is 122 Å². The Balaban J connectivity index is 2.09. The van der Waals surface area contributed by atoms with Crippen molar-refractivity contribution in [3.8, 4) is 0 Å². The molecular formula is C17H27N3. The molecule has 0 radical (unpaired) electrons. The highest BCUT2D eigenvalue weighted by atomic mass is 15.0. The van der Waals surface area contributed by atoms with Crippen LogP contribution in [-0.4, -0.2) is 23.5 Å². The van der Waals surface area contributed by atoms with Crippen LogP contribution in [0.2, 0.25) is 0 Å². The molecule has 1 aromatic heterocycles. The lowest BCUT2D eigenvalue weighted by Gasteiger charge is -2.13. The Hall–Kier alpha value is -1.35. The minimum atomic E-state index is 0.587. The van der Waals surface area contributed by atoms with Crippen LogP contribution in [-0.2, 0) is 6.42 Å². The molecule has 2 heterocycles. The topological polar surface area (TPSA) is 40.8 Å². The van der Waals surface area contributed by atoms with Gasteiger partial charge in [0.2, 0.25) is 0 Å². The highest BCUT2D eigenvalue weighted by Gasteiger charge is 2.15. The molecule has 2 N–H and O–H groups in total. The Morgan fingerprint density at radius 1 is 1.40 bits per heavy atom. The first-order valence-electron chi connectivity index (χ1n) is 7.72. The lowest BCUT2D eigenvalue weighted by molar-refractivity contribution is 0.469. The third-order valence-electron chi connectivity index (χ3n) is 4.40. The third-order valence-corrected chi connectivity index (χ3v) is 4.40. The van der Waals surface area contributed by atoms with Crippen molar-refractivity contribution in [3.63, 3.8) is 0 Å². The van der Waals surface area contributed by atoms with E-state index in [2.05, 4.69) is 24.6 Å². The van der Waals surface area contributed by atoms with E-state index in [4.69, 9.17) is 5.41 Å². The van der Waals surface area contributed by atoms with Gasteiger partial charge >= 0.3 is 0 Å². The predicted octanol–water partition coefficient (Wildman–Crippen LogP) is 3.52. The summed E-state index contributed by atoms with van der Waals surface area (Å²) in [4.78, 5) is 0. The zero-order valence-corrected chi connectivity index (χ0v) is 13.0. The second-order valence-electron chi connectivity index (χ2n) is 5.95. The third kappa shape index (κ3) is 3.60. The molecule has 0 bridgehead atoms. The molecule has 0 spiro atoms. The zero-order valence-electron chi connectivity index (χ0n) is 13.0. The Bertz CT molecular complexity index is 488. The van der Waals surface area contributed by atoms with Crippen LogP contribution >= 0.6 is 0 Å². The normalized spacial score (nSPS) is 20.8. The first-order chi connectivity index (χ1) is 9.61. The average molecular weight is 273 g/mol. The number of nitrogens with zero attached hydrogens (tertiary/aromatic N) is 1. The molecule has 1 saturated heterocycles. The summed E-state index contributed by atoms with van der Waals surface area (Å²) < 4.78 is 1.97. The van der Waals surface area contributed by atoms with Gasteiger partial charge in [-0.1, -0.05) is 6.08 Å². The van der Waals surface area contributed by atoms with Crippen molar-refractivity contribution in [2.24, 2.45) is 5.92 Å². The van der Waals surface area contributed by atoms with Crippen LogP contribution in [0.1, 0.15) is 44.2 Å². The van der Waals surface area contributed by atoms with E-state index in [0.717, 1.165) is 24.5 Å². The van der Waals surface area contributed by atoms with Gasteiger partial charge in [0.1, 0.15) is 5.84 Å². The fourth-order valence-electron chi connectivity index (χ4n) is 2.89. The maximum Gasteiger partial charge on any atom is 0.131 e. The highest BCUT2D eigenvalue weighted by Crippen LogP contribution is 2.22. The second kappa shape index (κ2) is 6.89. The Morgan fingerprint density at radius 3 is 2.95 bits per heavy atom. The molecule has 20 heavy (non-hydrogen) atoms. The van der Waals surface area contributed by atoms with Crippen LogP contribution in [0.15, 0.2) is 24.0 Å². The molecular weight excluding hydrogens is 246 g/mol. The Kier molecular flexibility index (Phi) is 5.18. The summed E-state index contributed by atoms with van der Waals surface area (Å²) in [6.07, 6.45) is 11.3. The predicted molar refractivity (Wildman–Crippen MR) is 85.6 cm³/mol. The number of allylic oxidation sites excluding steroid dienone is 2. The van der Waals surface area contributed by atoms with E-state index in [-0.39, 0.29) is 0 Å². The average Bonchev–Trinajstić information content (AvgIpc) is 2.66. The smallest absolute Gasteiger partial charge is 0.131 e. The van der Waals surface area contributed by atoms with Gasteiger partial charge in [-0.15, -0.1) is 0 Å². The van der Waals surface area contributed by atoms with Crippen LogP contribution in [0.4, 0.5) is 0 Å². The maximum atomic E-state index is 8.18. The van der Waals surface area contributed by atoms with Crippen LogP contribution in [0, 0.1) is 18.3 Å². The molecule has 1 aliphatic heterocycles. The summed E-state index contributed by atoms with van der Waals surface area (Å²) in [5, 5.41) is 11.7. The van der Waals surface area contributed by atoms with Gasteiger partial charge in [0.15, 0.2) is 0 Å². The summed E-state index contributed by atoms with van der Waals surface area (Å²) in [5.74, 6) is 1.38. The molecule has 1 fully saturated rings. The fourth-order valence-corrected chi connectivity index (χ4v) is 2.89. The van der Waals surface area contributed by atoms with Crippen molar-refractivity contribution in [1.29, 1.82) is 5.41 Å². The number of nitrogens with one attached hydrogen (secondary N) is 2. The number of hydrogen-bond acceptors (Lipinski definition) is 2. The van der Waals surface area contributed by atoms with Crippen molar-refractivity contribution in [1.82, 2.24) is 9.88 Å². The summed E-state index contributed by atoms with van der Waals surface area (Å²) in [6, 6.07) is 0.